The van der Waals surface area contributed by atoms with Crippen molar-refractivity contribution in [3.63, 3.8) is 0 Å². The molecule has 0 N–H and O–H groups in total. The summed E-state index contributed by atoms with van der Waals surface area (Å²) in [5, 5.41) is 8.66. The quantitative estimate of drug-likeness (QED) is 0.0528. The predicted molar refractivity (Wildman–Crippen MR) is 288 cm³/mol. The highest BCUT2D eigenvalue weighted by molar-refractivity contribution is 7.95. The first-order valence-electron chi connectivity index (χ1n) is 24.5. The van der Waals surface area contributed by atoms with E-state index in [0.717, 1.165) is 12.3 Å². The van der Waals surface area contributed by atoms with Crippen LogP contribution in [0.15, 0.2) is 218 Å². The molecule has 0 radical (unpaired) electrons. The third kappa shape index (κ3) is 8.99. The molecule has 1 aliphatic carbocycles. The van der Waals surface area contributed by atoms with Crippen LogP contribution in [0.1, 0.15) is 100 Å². The number of unbranched alkanes of at least 4 members (excludes halogenated alkanes) is 6. The van der Waals surface area contributed by atoms with E-state index in [4.69, 9.17) is 0 Å². The number of hydrogen-bond acceptors (Lipinski definition) is 0. The van der Waals surface area contributed by atoms with E-state index in [2.05, 4.69) is 232 Å². The lowest BCUT2D eigenvalue weighted by Crippen LogP contribution is -2.32. The van der Waals surface area contributed by atoms with Crippen molar-refractivity contribution in [2.24, 2.45) is 0 Å². The maximum absolute atomic E-state index is 2.72. The fourth-order valence-corrected chi connectivity index (χ4v) is 19.7. The van der Waals surface area contributed by atoms with E-state index in [-0.39, 0.29) is 5.41 Å². The lowest BCUT2D eigenvalue weighted by Gasteiger charge is -2.34. The molecule has 0 aliphatic heterocycles. The van der Waals surface area contributed by atoms with Gasteiger partial charge < -0.3 is 0 Å². The predicted octanol–water partition coefficient (Wildman–Crippen LogP) is 14.9. The molecule has 0 aromatic heterocycles. The summed E-state index contributed by atoms with van der Waals surface area (Å²) in [4.78, 5) is 0. The monoisotopic (exact) mass is 884 g/mol. The van der Waals surface area contributed by atoms with Crippen LogP contribution in [0.4, 0.5) is 0 Å². The van der Waals surface area contributed by atoms with E-state index < -0.39 is 14.5 Å². The number of rotatable bonds is 20. The Morgan fingerprint density at radius 3 is 0.846 bits per heavy atom. The van der Waals surface area contributed by atoms with Gasteiger partial charge in [0, 0.05) is 5.41 Å². The van der Waals surface area contributed by atoms with Gasteiger partial charge in [0.15, 0.2) is 0 Å². The van der Waals surface area contributed by atoms with Crippen molar-refractivity contribution >= 4 is 46.4 Å². The Kier molecular flexibility index (Phi) is 14.4. The molecule has 0 amide bonds. The van der Waals surface area contributed by atoms with E-state index in [0.29, 0.717) is 0 Å². The van der Waals surface area contributed by atoms with Crippen molar-refractivity contribution in [2.75, 3.05) is 0 Å². The largest absolute Gasteiger partial charge is 0.116 e. The van der Waals surface area contributed by atoms with Gasteiger partial charge in [-0.1, -0.05) is 211 Å². The summed E-state index contributed by atoms with van der Waals surface area (Å²) in [5.74, 6) is 0. The molecule has 1 aliphatic rings. The van der Waals surface area contributed by atoms with Crippen molar-refractivity contribution in [3.8, 4) is 11.1 Å². The first kappa shape index (κ1) is 44.8. The van der Waals surface area contributed by atoms with E-state index >= 15 is 0 Å². The Bertz CT molecular complexity index is 2330. The molecule has 0 spiro atoms. The second kappa shape index (κ2) is 20.8. The lowest BCUT2D eigenvalue weighted by atomic mass is 9.70. The summed E-state index contributed by atoms with van der Waals surface area (Å²) in [7, 11) is -4.18. The molecule has 0 nitrogen and oxygen atoms in total. The van der Waals surface area contributed by atoms with Gasteiger partial charge in [-0.2, -0.15) is 0 Å². The molecule has 0 unspecified atom stereocenters. The molecule has 326 valence electrons. The van der Waals surface area contributed by atoms with Crippen LogP contribution < -0.4 is 31.8 Å². The Morgan fingerprint density at radius 1 is 0.308 bits per heavy atom. The standard InChI is InChI=1S/C63H66P2/c1-3-5-7-27-45-63(46-28-8-6-4-2)61-47-51(49-64(53-29-15-9-16-30-53,54-31-17-10-18-32-54)55-33-19-11-20-34-55)41-43-59(61)60-44-42-52(48-62(60)63)50-65(56-35-21-12-22-36-56,57-37-23-13-24-38-57)58-39-25-14-26-40-58/h9-26,29-44,47-48H,3-8,27-28,45-46,49-50H2,1-2H3/q+2. The van der Waals surface area contributed by atoms with Crippen molar-refractivity contribution in [1.29, 1.82) is 0 Å². The molecule has 8 aromatic carbocycles. The van der Waals surface area contributed by atoms with Crippen molar-refractivity contribution in [1.82, 2.24) is 0 Å². The molecule has 0 saturated carbocycles. The van der Waals surface area contributed by atoms with Crippen molar-refractivity contribution in [3.05, 3.63) is 241 Å². The molecule has 0 fully saturated rings. The Labute approximate surface area is 391 Å². The van der Waals surface area contributed by atoms with Gasteiger partial charge in [-0.05, 0) is 119 Å². The minimum Gasteiger partial charge on any atom is -0.0654 e. The minimum absolute atomic E-state index is 0.0428. The summed E-state index contributed by atoms with van der Waals surface area (Å²) in [5.41, 5.74) is 8.94. The van der Waals surface area contributed by atoms with Crippen LogP contribution in [-0.4, -0.2) is 0 Å². The second-order valence-electron chi connectivity index (χ2n) is 18.4. The molecular formula is C63H66P2+2. The third-order valence-corrected chi connectivity index (χ3v) is 23.2. The smallest absolute Gasteiger partial charge is 0.0654 e. The molecule has 0 saturated heterocycles. The van der Waals surface area contributed by atoms with Gasteiger partial charge in [0.2, 0.25) is 0 Å². The normalized spacial score (nSPS) is 13.0. The fourth-order valence-electron chi connectivity index (χ4n) is 11.2. The van der Waals surface area contributed by atoms with Crippen LogP contribution in [0.2, 0.25) is 0 Å². The van der Waals surface area contributed by atoms with Crippen molar-refractivity contribution < 1.29 is 0 Å². The average molecular weight is 885 g/mol. The van der Waals surface area contributed by atoms with E-state index in [1.807, 2.05) is 0 Å². The van der Waals surface area contributed by atoms with Crippen LogP contribution in [0.25, 0.3) is 11.1 Å². The summed E-state index contributed by atoms with van der Waals surface area (Å²) < 4.78 is 0. The minimum atomic E-state index is -2.09. The lowest BCUT2D eigenvalue weighted by molar-refractivity contribution is 0.400. The van der Waals surface area contributed by atoms with Crippen LogP contribution in [-0.2, 0) is 17.7 Å². The molecule has 0 atom stereocenters. The summed E-state index contributed by atoms with van der Waals surface area (Å²) >= 11 is 0. The number of hydrogen-bond donors (Lipinski definition) is 0. The van der Waals surface area contributed by atoms with E-state index in [9.17, 15) is 0 Å². The maximum Gasteiger partial charge on any atom is 0.116 e. The van der Waals surface area contributed by atoms with Crippen LogP contribution in [0.3, 0.4) is 0 Å². The average Bonchev–Trinajstić information content (AvgIpc) is 3.64. The van der Waals surface area contributed by atoms with Crippen LogP contribution >= 0.6 is 14.5 Å². The highest BCUT2D eigenvalue weighted by atomic mass is 31.2. The Balaban J connectivity index is 1.22. The van der Waals surface area contributed by atoms with Crippen molar-refractivity contribution in [2.45, 2.75) is 95.8 Å². The maximum atomic E-state index is 2.72. The van der Waals surface area contributed by atoms with Gasteiger partial charge in [0.1, 0.15) is 46.4 Å². The fraction of sp³-hybridized carbons (Fsp3) is 0.238. The Hall–Kier alpha value is -5.38. The van der Waals surface area contributed by atoms with Crippen LogP contribution in [0.5, 0.6) is 0 Å². The summed E-state index contributed by atoms with van der Waals surface area (Å²) in [6.07, 6.45) is 14.5. The molecule has 65 heavy (non-hydrogen) atoms. The van der Waals surface area contributed by atoms with E-state index in [1.54, 1.807) is 11.1 Å². The van der Waals surface area contributed by atoms with Gasteiger partial charge in [0.05, 0.1) is 12.3 Å². The van der Waals surface area contributed by atoms with Gasteiger partial charge in [-0.25, -0.2) is 0 Å². The van der Waals surface area contributed by atoms with Gasteiger partial charge in [-0.3, -0.25) is 0 Å². The second-order valence-corrected chi connectivity index (χ2v) is 25.4. The number of benzene rings is 8. The first-order valence-corrected chi connectivity index (χ1v) is 28.4. The molecule has 2 heteroatoms. The van der Waals surface area contributed by atoms with Gasteiger partial charge in [0.25, 0.3) is 0 Å². The highest BCUT2D eigenvalue weighted by Crippen LogP contribution is 2.62. The van der Waals surface area contributed by atoms with Gasteiger partial charge in [-0.15, -0.1) is 0 Å². The molecule has 0 heterocycles. The topological polar surface area (TPSA) is 0 Å². The molecular weight excluding hydrogens is 819 g/mol. The zero-order chi connectivity index (χ0) is 44.4. The zero-order valence-electron chi connectivity index (χ0n) is 38.7. The summed E-state index contributed by atoms with van der Waals surface area (Å²) in [6.45, 7) is 4.70. The van der Waals surface area contributed by atoms with E-state index in [1.165, 1.54) is 118 Å². The zero-order valence-corrected chi connectivity index (χ0v) is 40.5. The highest BCUT2D eigenvalue weighted by Gasteiger charge is 2.49. The van der Waals surface area contributed by atoms with Crippen LogP contribution in [0, 0.1) is 0 Å². The Morgan fingerprint density at radius 2 is 0.585 bits per heavy atom. The molecule has 9 rings (SSSR count). The molecule has 8 aromatic rings. The summed E-state index contributed by atoms with van der Waals surface area (Å²) in [6, 6.07) is 84.2. The number of fused-ring (bicyclic) bond motifs is 3. The van der Waals surface area contributed by atoms with Gasteiger partial charge >= 0.3 is 0 Å². The third-order valence-electron chi connectivity index (χ3n) is 14.4. The SMILES string of the molecule is CCCCCCC1(CCCCCC)c2cc(C[P+](c3ccccc3)(c3ccccc3)c3ccccc3)ccc2-c2ccc(C[P+](c3ccccc3)(c3ccccc3)c3ccccc3)cc21. The first-order chi connectivity index (χ1) is 32.1. The molecule has 0 bridgehead atoms.